The Labute approximate surface area is 195 Å². The third kappa shape index (κ3) is 5.80. The normalized spacial score (nSPS) is 10.6. The number of hydrogen-bond acceptors (Lipinski definition) is 10. The fourth-order valence-corrected chi connectivity index (χ4v) is 3.20. The molecule has 0 aromatic heterocycles. The summed E-state index contributed by atoms with van der Waals surface area (Å²) in [5, 5.41) is 42.5. The zero-order valence-electron chi connectivity index (χ0n) is 19.1. The van der Waals surface area contributed by atoms with Crippen LogP contribution >= 0.6 is 0 Å². The molecule has 0 bridgehead atoms. The van der Waals surface area contributed by atoms with Gasteiger partial charge in [-0.3, -0.25) is 25.0 Å². The van der Waals surface area contributed by atoms with Crippen molar-refractivity contribution in [1.82, 2.24) is 0 Å². The van der Waals surface area contributed by atoms with E-state index in [0.717, 1.165) is 19.0 Å². The van der Waals surface area contributed by atoms with Crippen LogP contribution < -0.4 is 15.0 Å². The van der Waals surface area contributed by atoms with Crippen LogP contribution in [0.25, 0.3) is 0 Å². The summed E-state index contributed by atoms with van der Waals surface area (Å²) in [5.41, 5.74) is -1.13. The molecule has 0 aliphatic heterocycles. The van der Waals surface area contributed by atoms with Crippen LogP contribution in [-0.2, 0) is 4.79 Å². The zero-order valence-corrected chi connectivity index (χ0v) is 19.1. The third-order valence-corrected chi connectivity index (χ3v) is 4.68. The van der Waals surface area contributed by atoms with E-state index in [1.807, 2.05) is 18.7 Å². The van der Waals surface area contributed by atoms with Gasteiger partial charge in [0, 0.05) is 32.1 Å². The van der Waals surface area contributed by atoms with Crippen molar-refractivity contribution in [1.29, 1.82) is 5.26 Å². The van der Waals surface area contributed by atoms with Gasteiger partial charge in [-0.1, -0.05) is 6.92 Å². The van der Waals surface area contributed by atoms with Gasteiger partial charge in [0.1, 0.15) is 17.5 Å². The minimum absolute atomic E-state index is 0.111. The van der Waals surface area contributed by atoms with Crippen LogP contribution in [0.1, 0.15) is 32.8 Å². The molecule has 0 saturated heterocycles. The summed E-state index contributed by atoms with van der Waals surface area (Å²) < 4.78 is 5.48. The summed E-state index contributed by atoms with van der Waals surface area (Å²) in [4.78, 5) is 34.7. The van der Waals surface area contributed by atoms with Crippen molar-refractivity contribution < 1.29 is 19.4 Å². The van der Waals surface area contributed by atoms with Crippen molar-refractivity contribution in [3.8, 4) is 11.8 Å². The lowest BCUT2D eigenvalue weighted by Gasteiger charge is -2.25. The largest absolute Gasteiger partial charge is 0.494 e. The van der Waals surface area contributed by atoms with Gasteiger partial charge in [0.2, 0.25) is 5.91 Å². The number of carbonyl (C=O) groups excluding carboxylic acids is 1. The number of non-ortho nitro benzene ring substituents is 1. The molecule has 1 amide bonds. The van der Waals surface area contributed by atoms with Crippen LogP contribution in [0.3, 0.4) is 0 Å². The molecule has 0 unspecified atom stereocenters. The van der Waals surface area contributed by atoms with E-state index < -0.39 is 32.5 Å². The average molecular weight is 469 g/mol. The van der Waals surface area contributed by atoms with E-state index in [2.05, 4.69) is 15.5 Å². The first-order chi connectivity index (χ1) is 16.2. The van der Waals surface area contributed by atoms with Gasteiger partial charge < -0.3 is 15.0 Å². The highest BCUT2D eigenvalue weighted by atomic mass is 16.6. The molecule has 0 saturated carbocycles. The second-order valence-electron chi connectivity index (χ2n) is 6.99. The lowest BCUT2D eigenvalue weighted by molar-refractivity contribution is -0.393. The van der Waals surface area contributed by atoms with E-state index in [-0.39, 0.29) is 17.3 Å². The molecule has 0 aliphatic rings. The zero-order chi connectivity index (χ0) is 25.4. The third-order valence-electron chi connectivity index (χ3n) is 4.68. The molecular weight excluding hydrogens is 446 g/mol. The summed E-state index contributed by atoms with van der Waals surface area (Å²) in [7, 11) is 1.46. The van der Waals surface area contributed by atoms with E-state index in [4.69, 9.17) is 4.74 Å². The molecule has 2 rings (SSSR count). The highest BCUT2D eigenvalue weighted by Crippen LogP contribution is 2.41. The molecule has 0 atom stereocenters. The van der Waals surface area contributed by atoms with Gasteiger partial charge in [-0.2, -0.15) is 5.26 Å². The van der Waals surface area contributed by atoms with Crippen molar-refractivity contribution in [3.05, 3.63) is 50.1 Å². The molecule has 13 nitrogen and oxygen atoms in total. The van der Waals surface area contributed by atoms with E-state index in [1.54, 1.807) is 12.1 Å². The molecule has 0 heterocycles. The van der Waals surface area contributed by atoms with Gasteiger partial charge in [-0.05, 0) is 19.4 Å². The number of hydrogen-bond donors (Lipinski definition) is 1. The lowest BCUT2D eigenvalue weighted by Crippen LogP contribution is -2.24. The first-order valence-electron chi connectivity index (χ1n) is 10.2. The van der Waals surface area contributed by atoms with E-state index >= 15 is 0 Å². The molecule has 0 fully saturated rings. The SMILES string of the molecule is CCCN(CC)c1cc(NC(C)=O)c(N=Nc2c(C#N)cc([N+](=O)[O-])cc2[N+](=O)[O-])cc1OC. The van der Waals surface area contributed by atoms with Gasteiger partial charge in [0.25, 0.3) is 5.69 Å². The predicted octanol–water partition coefficient (Wildman–Crippen LogP) is 4.99. The van der Waals surface area contributed by atoms with E-state index in [9.17, 15) is 30.3 Å². The number of rotatable bonds is 10. The molecule has 2 aromatic rings. The van der Waals surface area contributed by atoms with Crippen molar-refractivity contribution in [2.45, 2.75) is 27.2 Å². The summed E-state index contributed by atoms with van der Waals surface area (Å²) >= 11 is 0. The Balaban J connectivity index is 2.71. The number of nitriles is 1. The second-order valence-corrected chi connectivity index (χ2v) is 6.99. The summed E-state index contributed by atoms with van der Waals surface area (Å²) in [6.07, 6.45) is 0.870. The van der Waals surface area contributed by atoms with Crippen LogP contribution in [0.4, 0.5) is 34.1 Å². The van der Waals surface area contributed by atoms with Gasteiger partial charge >= 0.3 is 5.69 Å². The maximum absolute atomic E-state index is 11.8. The number of nitro groups is 2. The van der Waals surface area contributed by atoms with E-state index in [1.165, 1.54) is 20.1 Å². The summed E-state index contributed by atoms with van der Waals surface area (Å²) in [6.45, 7) is 6.70. The number of benzene rings is 2. The van der Waals surface area contributed by atoms with Crippen molar-refractivity contribution in [2.24, 2.45) is 10.2 Å². The quantitative estimate of drug-likeness (QED) is 0.287. The highest BCUT2D eigenvalue weighted by molar-refractivity contribution is 5.94. The number of methoxy groups -OCH3 is 1. The van der Waals surface area contributed by atoms with Crippen LogP contribution in [0, 0.1) is 31.6 Å². The minimum atomic E-state index is -0.884. The van der Waals surface area contributed by atoms with Crippen LogP contribution in [0.15, 0.2) is 34.5 Å². The standard InChI is InChI=1S/C21H23N7O6/c1-5-7-26(6-2)18-10-16(23-13(3)29)17(11-20(18)34-4)24-25-21-14(12-22)8-15(27(30)31)9-19(21)28(32)33/h8-11H,5-7H2,1-4H3,(H,23,29). The molecular formula is C21H23N7O6. The molecule has 2 aromatic carbocycles. The van der Waals surface area contributed by atoms with Gasteiger partial charge in [-0.15, -0.1) is 10.2 Å². The summed E-state index contributed by atoms with van der Waals surface area (Å²) in [6, 6.07) is 6.42. The number of carbonyl (C=O) groups is 1. The maximum Gasteiger partial charge on any atom is 0.304 e. The van der Waals surface area contributed by atoms with E-state index in [0.29, 0.717) is 24.0 Å². The maximum atomic E-state index is 11.8. The Kier molecular flexibility index (Phi) is 8.54. The number of nitrogens with one attached hydrogen (secondary N) is 1. The minimum Gasteiger partial charge on any atom is -0.494 e. The van der Waals surface area contributed by atoms with Crippen molar-refractivity contribution >= 4 is 40.0 Å². The fourth-order valence-electron chi connectivity index (χ4n) is 3.20. The molecule has 0 aliphatic carbocycles. The molecule has 178 valence electrons. The summed E-state index contributed by atoms with van der Waals surface area (Å²) in [5.74, 6) is 0.0437. The smallest absolute Gasteiger partial charge is 0.304 e. The first kappa shape index (κ1) is 25.7. The molecule has 0 spiro atoms. The van der Waals surface area contributed by atoms with Gasteiger partial charge in [0.15, 0.2) is 5.69 Å². The van der Waals surface area contributed by atoms with Gasteiger partial charge in [0.05, 0.1) is 40.0 Å². The fraction of sp³-hybridized carbons (Fsp3) is 0.333. The predicted molar refractivity (Wildman–Crippen MR) is 124 cm³/mol. The molecule has 1 N–H and O–H groups in total. The number of anilines is 2. The van der Waals surface area contributed by atoms with Crippen molar-refractivity contribution in [2.75, 3.05) is 30.4 Å². The topological polar surface area (TPSA) is 176 Å². The Morgan fingerprint density at radius 1 is 1.18 bits per heavy atom. The monoisotopic (exact) mass is 469 g/mol. The Morgan fingerprint density at radius 3 is 2.38 bits per heavy atom. The molecule has 0 radical (unpaired) electrons. The first-order valence-corrected chi connectivity index (χ1v) is 10.2. The Hall–Kier alpha value is -4.60. The Bertz CT molecular complexity index is 1190. The van der Waals surface area contributed by atoms with Crippen molar-refractivity contribution in [3.63, 3.8) is 0 Å². The Morgan fingerprint density at radius 2 is 1.88 bits per heavy atom. The number of ether oxygens (including phenoxy) is 1. The number of nitrogens with zero attached hydrogens (tertiary/aromatic N) is 6. The number of amides is 1. The average Bonchev–Trinajstić information content (AvgIpc) is 2.80. The second kappa shape index (κ2) is 11.3. The van der Waals surface area contributed by atoms with Crippen LogP contribution in [0.2, 0.25) is 0 Å². The number of nitro benzene ring substituents is 2. The van der Waals surface area contributed by atoms with Gasteiger partial charge in [-0.25, -0.2) is 0 Å². The lowest BCUT2D eigenvalue weighted by atomic mass is 10.1. The highest BCUT2D eigenvalue weighted by Gasteiger charge is 2.25. The molecule has 34 heavy (non-hydrogen) atoms. The van der Waals surface area contributed by atoms with Crippen LogP contribution in [0.5, 0.6) is 5.75 Å². The van der Waals surface area contributed by atoms with Crippen LogP contribution in [-0.4, -0.2) is 36.0 Å². The molecule has 13 heteroatoms. The number of azo groups is 1.